The van der Waals surface area contributed by atoms with Gasteiger partial charge in [0.1, 0.15) is 5.82 Å². The molecule has 0 bridgehead atoms. The number of aliphatic hydroxyl groups is 1. The van der Waals surface area contributed by atoms with E-state index < -0.39 is 6.03 Å². The smallest absolute Gasteiger partial charge is 0.317 e. The second kappa shape index (κ2) is 5.57. The molecule has 0 unspecified atom stereocenters. The van der Waals surface area contributed by atoms with E-state index in [0.717, 1.165) is 16.9 Å². The predicted molar refractivity (Wildman–Crippen MR) is 81.4 cm³/mol. The first kappa shape index (κ1) is 15.1. The number of primary amides is 1. The monoisotopic (exact) mass is 288 g/mol. The maximum Gasteiger partial charge on any atom is 0.317 e. The van der Waals surface area contributed by atoms with E-state index in [1.807, 2.05) is 45.0 Å². The highest BCUT2D eigenvalue weighted by molar-refractivity contribution is 5.87. The third kappa shape index (κ3) is 3.41. The Labute approximate surface area is 123 Å². The third-order valence-electron chi connectivity index (χ3n) is 3.07. The Balaban J connectivity index is 2.54. The highest BCUT2D eigenvalue weighted by atomic mass is 16.3. The van der Waals surface area contributed by atoms with Gasteiger partial charge in [-0.05, 0) is 17.7 Å². The van der Waals surface area contributed by atoms with Crippen LogP contribution >= 0.6 is 0 Å². The van der Waals surface area contributed by atoms with Gasteiger partial charge in [0.2, 0.25) is 0 Å². The molecule has 0 aliphatic carbocycles. The van der Waals surface area contributed by atoms with Crippen molar-refractivity contribution in [2.45, 2.75) is 32.8 Å². The van der Waals surface area contributed by atoms with Crippen molar-refractivity contribution in [1.82, 2.24) is 9.78 Å². The van der Waals surface area contributed by atoms with Gasteiger partial charge >= 0.3 is 6.03 Å². The van der Waals surface area contributed by atoms with E-state index in [0.29, 0.717) is 5.82 Å². The number of aliphatic hydroxyl groups excluding tert-OH is 1. The van der Waals surface area contributed by atoms with Gasteiger partial charge in [-0.3, -0.25) is 5.32 Å². The third-order valence-corrected chi connectivity index (χ3v) is 3.07. The van der Waals surface area contributed by atoms with Crippen LogP contribution in [0.4, 0.5) is 10.6 Å². The van der Waals surface area contributed by atoms with Crippen LogP contribution in [0.3, 0.4) is 0 Å². The number of hydrogen-bond acceptors (Lipinski definition) is 3. The molecule has 2 amide bonds. The highest BCUT2D eigenvalue weighted by Gasteiger charge is 2.21. The minimum Gasteiger partial charge on any atom is -0.392 e. The maximum atomic E-state index is 11.2. The van der Waals surface area contributed by atoms with E-state index in [1.54, 1.807) is 10.7 Å². The predicted octanol–water partition coefficient (Wildman–Crippen LogP) is 2.15. The topological polar surface area (TPSA) is 93.2 Å². The number of rotatable bonds is 3. The normalized spacial score (nSPS) is 11.4. The van der Waals surface area contributed by atoms with E-state index in [2.05, 4.69) is 10.4 Å². The van der Waals surface area contributed by atoms with Crippen LogP contribution < -0.4 is 11.1 Å². The van der Waals surface area contributed by atoms with Crippen molar-refractivity contribution in [3.8, 4) is 5.69 Å². The Kier molecular flexibility index (Phi) is 3.99. The van der Waals surface area contributed by atoms with E-state index in [-0.39, 0.29) is 12.0 Å². The van der Waals surface area contributed by atoms with Gasteiger partial charge in [-0.25, -0.2) is 9.48 Å². The number of nitrogens with two attached hydrogens (primary N) is 1. The number of amides is 2. The molecule has 1 aromatic carbocycles. The molecule has 2 rings (SSSR count). The molecule has 6 nitrogen and oxygen atoms in total. The molecule has 6 heteroatoms. The first-order valence-electron chi connectivity index (χ1n) is 6.68. The molecule has 21 heavy (non-hydrogen) atoms. The summed E-state index contributed by atoms with van der Waals surface area (Å²) in [4.78, 5) is 11.2. The molecule has 1 aromatic heterocycles. The number of carbonyl (C=O) groups excluding carboxylic acids is 1. The molecule has 0 radical (unpaired) electrons. The van der Waals surface area contributed by atoms with Crippen molar-refractivity contribution in [2.75, 3.05) is 5.32 Å². The van der Waals surface area contributed by atoms with Crippen molar-refractivity contribution in [1.29, 1.82) is 0 Å². The number of hydrogen-bond donors (Lipinski definition) is 3. The van der Waals surface area contributed by atoms with E-state index >= 15 is 0 Å². The summed E-state index contributed by atoms with van der Waals surface area (Å²) >= 11 is 0. The summed E-state index contributed by atoms with van der Waals surface area (Å²) in [7, 11) is 0. The largest absolute Gasteiger partial charge is 0.392 e. The zero-order chi connectivity index (χ0) is 15.6. The zero-order valence-electron chi connectivity index (χ0n) is 12.4. The Morgan fingerprint density at radius 2 is 2.10 bits per heavy atom. The minimum atomic E-state index is -0.644. The number of urea groups is 1. The van der Waals surface area contributed by atoms with E-state index in [4.69, 9.17) is 5.73 Å². The molecule has 112 valence electrons. The van der Waals surface area contributed by atoms with Crippen molar-refractivity contribution < 1.29 is 9.90 Å². The van der Waals surface area contributed by atoms with Crippen LogP contribution in [0.25, 0.3) is 5.69 Å². The minimum absolute atomic E-state index is 0.0557. The average Bonchev–Trinajstić information content (AvgIpc) is 2.82. The van der Waals surface area contributed by atoms with Crippen LogP contribution in [0.15, 0.2) is 30.3 Å². The summed E-state index contributed by atoms with van der Waals surface area (Å²) in [5.41, 5.74) is 7.41. The Hall–Kier alpha value is -2.34. The van der Waals surface area contributed by atoms with Gasteiger partial charge in [-0.15, -0.1) is 0 Å². The molecule has 0 saturated carbocycles. The number of nitrogens with one attached hydrogen (secondary N) is 1. The molecule has 2 aromatic rings. The summed E-state index contributed by atoms with van der Waals surface area (Å²) in [6.07, 6.45) is 0. The summed E-state index contributed by atoms with van der Waals surface area (Å²) in [5.74, 6) is 0.502. The highest BCUT2D eigenvalue weighted by Crippen LogP contribution is 2.26. The molecule has 1 heterocycles. The van der Waals surface area contributed by atoms with Crippen LogP contribution in [-0.4, -0.2) is 20.9 Å². The number of nitrogens with zero attached hydrogens (tertiary/aromatic N) is 2. The molecule has 0 aliphatic rings. The number of aromatic nitrogens is 2. The first-order valence-corrected chi connectivity index (χ1v) is 6.68. The summed E-state index contributed by atoms with van der Waals surface area (Å²) < 4.78 is 1.62. The fraction of sp³-hybridized carbons (Fsp3) is 0.333. The number of benzene rings is 1. The van der Waals surface area contributed by atoms with Gasteiger partial charge in [0.25, 0.3) is 0 Å². The van der Waals surface area contributed by atoms with Gasteiger partial charge in [-0.1, -0.05) is 32.9 Å². The molecule has 4 N–H and O–H groups in total. The zero-order valence-corrected chi connectivity index (χ0v) is 12.4. The lowest BCUT2D eigenvalue weighted by Gasteiger charge is -2.14. The molecule has 0 fully saturated rings. The quantitative estimate of drug-likeness (QED) is 0.808. The second-order valence-electron chi connectivity index (χ2n) is 5.89. The number of carbonyl (C=O) groups is 1. The Bertz CT molecular complexity index is 656. The molecule has 0 aliphatic heterocycles. The second-order valence-corrected chi connectivity index (χ2v) is 5.89. The molecule has 0 saturated heterocycles. The van der Waals surface area contributed by atoms with Gasteiger partial charge < -0.3 is 10.8 Å². The maximum absolute atomic E-state index is 11.2. The average molecular weight is 288 g/mol. The van der Waals surface area contributed by atoms with Crippen LogP contribution in [0.5, 0.6) is 0 Å². The lowest BCUT2D eigenvalue weighted by atomic mass is 9.92. The van der Waals surface area contributed by atoms with Crippen molar-refractivity contribution in [3.63, 3.8) is 0 Å². The fourth-order valence-corrected chi connectivity index (χ4v) is 1.95. The van der Waals surface area contributed by atoms with Gasteiger partial charge in [0.05, 0.1) is 18.0 Å². The molecule has 0 spiro atoms. The molecule has 0 atom stereocenters. The SMILES string of the molecule is CC(C)(C)c1cc(NC(N)=O)n(-c2cccc(CO)c2)n1. The van der Waals surface area contributed by atoms with Crippen LogP contribution in [0.2, 0.25) is 0 Å². The number of anilines is 1. The van der Waals surface area contributed by atoms with Crippen molar-refractivity contribution in [3.05, 3.63) is 41.6 Å². The van der Waals surface area contributed by atoms with Crippen molar-refractivity contribution >= 4 is 11.8 Å². The van der Waals surface area contributed by atoms with Crippen LogP contribution in [0, 0.1) is 0 Å². The fourth-order valence-electron chi connectivity index (χ4n) is 1.95. The van der Waals surface area contributed by atoms with E-state index in [9.17, 15) is 9.90 Å². The Morgan fingerprint density at radius 3 is 2.67 bits per heavy atom. The van der Waals surface area contributed by atoms with Gasteiger partial charge in [0, 0.05) is 11.5 Å². The van der Waals surface area contributed by atoms with Gasteiger partial charge in [0.15, 0.2) is 0 Å². The van der Waals surface area contributed by atoms with Crippen LogP contribution in [0.1, 0.15) is 32.0 Å². The van der Waals surface area contributed by atoms with E-state index in [1.165, 1.54) is 0 Å². The lowest BCUT2D eigenvalue weighted by molar-refractivity contribution is 0.259. The van der Waals surface area contributed by atoms with Gasteiger partial charge in [-0.2, -0.15) is 5.10 Å². The summed E-state index contributed by atoms with van der Waals surface area (Å²) in [6.45, 7) is 6.06. The lowest BCUT2D eigenvalue weighted by Crippen LogP contribution is -2.21. The molecular formula is C15H20N4O2. The van der Waals surface area contributed by atoms with Crippen molar-refractivity contribution in [2.24, 2.45) is 5.73 Å². The van der Waals surface area contributed by atoms with Crippen LogP contribution in [-0.2, 0) is 12.0 Å². The molecular weight excluding hydrogens is 268 g/mol. The Morgan fingerprint density at radius 1 is 1.38 bits per heavy atom. The summed E-state index contributed by atoms with van der Waals surface area (Å²) in [6, 6.07) is 8.47. The first-order chi connectivity index (χ1) is 9.81. The standard InChI is InChI=1S/C15H20N4O2/c1-15(2,3)12-8-13(17-14(16)21)19(18-12)11-6-4-5-10(7-11)9-20/h4-8,20H,9H2,1-3H3,(H3,16,17,21). The summed E-state index contributed by atoms with van der Waals surface area (Å²) in [5, 5.41) is 16.4.